The predicted octanol–water partition coefficient (Wildman–Crippen LogP) is 4.95. The molecule has 0 amide bonds. The molecule has 0 aliphatic rings. The largest absolute Gasteiger partial charge is 0.496 e. The van der Waals surface area contributed by atoms with Gasteiger partial charge in [-0.15, -0.1) is 0 Å². The molecule has 3 heteroatoms. The molecule has 2 aromatic carbocycles. The van der Waals surface area contributed by atoms with E-state index >= 15 is 0 Å². The predicted molar refractivity (Wildman–Crippen MR) is 87.4 cm³/mol. The average Bonchev–Trinajstić information content (AvgIpc) is 2.47. The van der Waals surface area contributed by atoms with Crippen LogP contribution in [0.3, 0.4) is 0 Å². The molecule has 0 aromatic heterocycles. The lowest BCUT2D eigenvalue weighted by atomic mass is 10.1. The molecule has 0 N–H and O–H groups in total. The second-order valence-corrected chi connectivity index (χ2v) is 5.35. The minimum atomic E-state index is 0.833. The minimum absolute atomic E-state index is 0.833. The lowest BCUT2D eigenvalue weighted by Crippen LogP contribution is -1.93. The highest BCUT2D eigenvalue weighted by Gasteiger charge is 2.06. The minimum Gasteiger partial charge on any atom is -0.496 e. The van der Waals surface area contributed by atoms with Gasteiger partial charge in [-0.2, -0.15) is 0 Å². The van der Waals surface area contributed by atoms with E-state index in [1.807, 2.05) is 37.3 Å². The third-order valence-electron chi connectivity index (χ3n) is 3.11. The Hall–Kier alpha value is -1.74. The van der Waals surface area contributed by atoms with Crippen LogP contribution in [0.4, 0.5) is 0 Å². The first-order valence-electron chi connectivity index (χ1n) is 6.30. The van der Waals surface area contributed by atoms with Crippen LogP contribution in [0.2, 0.25) is 0 Å². The monoisotopic (exact) mass is 332 g/mol. The molecule has 2 nitrogen and oxygen atoms in total. The zero-order chi connectivity index (χ0) is 14.5. The lowest BCUT2D eigenvalue weighted by molar-refractivity contribution is 0.388. The maximum atomic E-state index is 5.38. The van der Waals surface area contributed by atoms with Gasteiger partial charge in [0.2, 0.25) is 0 Å². The number of benzene rings is 2. The van der Waals surface area contributed by atoms with Gasteiger partial charge >= 0.3 is 0 Å². The Balaban J connectivity index is 2.31. The molecule has 0 spiro atoms. The number of rotatable bonds is 4. The first-order chi connectivity index (χ1) is 9.63. The van der Waals surface area contributed by atoms with Crippen molar-refractivity contribution in [2.75, 3.05) is 14.2 Å². The van der Waals surface area contributed by atoms with E-state index in [2.05, 4.69) is 34.1 Å². The smallest absolute Gasteiger partial charge is 0.126 e. The normalized spacial score (nSPS) is 10.8. The van der Waals surface area contributed by atoms with Crippen molar-refractivity contribution in [1.29, 1.82) is 0 Å². The highest BCUT2D eigenvalue weighted by atomic mass is 79.9. The Kier molecular flexibility index (Phi) is 4.85. The van der Waals surface area contributed by atoms with E-state index in [0.717, 1.165) is 32.7 Å². The summed E-state index contributed by atoms with van der Waals surface area (Å²) in [6.45, 7) is 1.99. The zero-order valence-electron chi connectivity index (χ0n) is 11.8. The molecule has 0 aliphatic heterocycles. The maximum Gasteiger partial charge on any atom is 0.126 e. The van der Waals surface area contributed by atoms with Gasteiger partial charge in [-0.1, -0.05) is 40.2 Å². The van der Waals surface area contributed by atoms with Gasteiger partial charge < -0.3 is 9.47 Å². The quantitative estimate of drug-likeness (QED) is 0.738. The van der Waals surface area contributed by atoms with Crippen LogP contribution in [0.25, 0.3) is 12.2 Å². The lowest BCUT2D eigenvalue weighted by Gasteiger charge is -2.10. The number of ether oxygens (including phenoxy) is 2. The zero-order valence-corrected chi connectivity index (χ0v) is 13.4. The van der Waals surface area contributed by atoms with Crippen molar-refractivity contribution < 1.29 is 9.47 Å². The van der Waals surface area contributed by atoms with E-state index in [0.29, 0.717) is 0 Å². The SMILES string of the molecule is COc1cc(/C=C\c2ccc(Br)cc2)cc(OC)c1C. The summed E-state index contributed by atoms with van der Waals surface area (Å²) in [7, 11) is 3.34. The van der Waals surface area contributed by atoms with Gasteiger partial charge in [0.1, 0.15) is 11.5 Å². The molecule has 0 heterocycles. The van der Waals surface area contributed by atoms with Gasteiger partial charge in [0.25, 0.3) is 0 Å². The average molecular weight is 333 g/mol. The van der Waals surface area contributed by atoms with Crippen molar-refractivity contribution in [3.8, 4) is 11.5 Å². The topological polar surface area (TPSA) is 18.5 Å². The molecule has 2 rings (SSSR count). The van der Waals surface area contributed by atoms with Crippen LogP contribution in [-0.2, 0) is 0 Å². The first kappa shape index (κ1) is 14.7. The van der Waals surface area contributed by atoms with Gasteiger partial charge in [-0.05, 0) is 42.3 Å². The fourth-order valence-corrected chi connectivity index (χ4v) is 2.23. The van der Waals surface area contributed by atoms with Crippen LogP contribution in [0.5, 0.6) is 11.5 Å². The molecule has 104 valence electrons. The molecule has 0 fully saturated rings. The number of methoxy groups -OCH3 is 2. The molecular formula is C17H17BrO2. The molecule has 0 radical (unpaired) electrons. The van der Waals surface area contributed by atoms with Crippen molar-refractivity contribution in [1.82, 2.24) is 0 Å². The second kappa shape index (κ2) is 6.62. The molecule has 0 bridgehead atoms. The van der Waals surface area contributed by atoms with Crippen molar-refractivity contribution >= 4 is 28.1 Å². The summed E-state index contributed by atoms with van der Waals surface area (Å²) in [5.74, 6) is 1.67. The molecular weight excluding hydrogens is 316 g/mol. The van der Waals surface area contributed by atoms with Crippen LogP contribution < -0.4 is 9.47 Å². The Morgan fingerprint density at radius 2 is 1.35 bits per heavy atom. The first-order valence-corrected chi connectivity index (χ1v) is 7.09. The van der Waals surface area contributed by atoms with E-state index in [9.17, 15) is 0 Å². The van der Waals surface area contributed by atoms with Gasteiger partial charge in [0.05, 0.1) is 14.2 Å². The molecule has 0 saturated heterocycles. The molecule has 0 aliphatic carbocycles. The third kappa shape index (κ3) is 3.42. The third-order valence-corrected chi connectivity index (χ3v) is 3.64. The van der Waals surface area contributed by atoms with E-state index in [-0.39, 0.29) is 0 Å². The van der Waals surface area contributed by atoms with E-state index in [4.69, 9.17) is 9.47 Å². The summed E-state index contributed by atoms with van der Waals surface area (Å²) in [6, 6.07) is 12.2. The molecule has 0 atom stereocenters. The Morgan fingerprint density at radius 3 is 1.85 bits per heavy atom. The maximum absolute atomic E-state index is 5.38. The summed E-state index contributed by atoms with van der Waals surface area (Å²) in [5.41, 5.74) is 3.20. The van der Waals surface area contributed by atoms with Gasteiger partial charge in [-0.25, -0.2) is 0 Å². The Labute approximate surface area is 128 Å². The summed E-state index contributed by atoms with van der Waals surface area (Å²) < 4.78 is 11.8. The van der Waals surface area contributed by atoms with Gasteiger partial charge in [0, 0.05) is 10.0 Å². The highest BCUT2D eigenvalue weighted by molar-refractivity contribution is 9.10. The standard InChI is InChI=1S/C17H17BrO2/c1-12-16(19-2)10-14(11-17(12)20-3)5-4-13-6-8-15(18)9-7-13/h4-11H,1-3H3/b5-4-. The van der Waals surface area contributed by atoms with E-state index in [1.165, 1.54) is 0 Å². The van der Waals surface area contributed by atoms with E-state index < -0.39 is 0 Å². The van der Waals surface area contributed by atoms with Crippen molar-refractivity contribution in [3.63, 3.8) is 0 Å². The summed E-state index contributed by atoms with van der Waals surface area (Å²) >= 11 is 3.43. The fraction of sp³-hybridized carbons (Fsp3) is 0.176. The molecule has 0 saturated carbocycles. The van der Waals surface area contributed by atoms with Gasteiger partial charge in [0.15, 0.2) is 0 Å². The van der Waals surface area contributed by atoms with Crippen LogP contribution in [0.15, 0.2) is 40.9 Å². The molecule has 2 aromatic rings. The van der Waals surface area contributed by atoms with Crippen molar-refractivity contribution in [2.45, 2.75) is 6.92 Å². The highest BCUT2D eigenvalue weighted by Crippen LogP contribution is 2.30. The summed E-state index contributed by atoms with van der Waals surface area (Å²) in [4.78, 5) is 0. The Bertz CT molecular complexity index is 590. The van der Waals surface area contributed by atoms with Crippen LogP contribution >= 0.6 is 15.9 Å². The second-order valence-electron chi connectivity index (χ2n) is 4.44. The Morgan fingerprint density at radius 1 is 0.850 bits per heavy atom. The van der Waals surface area contributed by atoms with Crippen LogP contribution in [0.1, 0.15) is 16.7 Å². The number of hydrogen-bond acceptors (Lipinski definition) is 2. The van der Waals surface area contributed by atoms with Crippen LogP contribution in [0, 0.1) is 6.92 Å². The number of halogens is 1. The van der Waals surface area contributed by atoms with Crippen molar-refractivity contribution in [3.05, 3.63) is 57.6 Å². The summed E-state index contributed by atoms with van der Waals surface area (Å²) in [6.07, 6.45) is 4.11. The van der Waals surface area contributed by atoms with E-state index in [1.54, 1.807) is 14.2 Å². The number of hydrogen-bond donors (Lipinski definition) is 0. The van der Waals surface area contributed by atoms with Gasteiger partial charge in [-0.3, -0.25) is 0 Å². The fourth-order valence-electron chi connectivity index (χ4n) is 1.97. The van der Waals surface area contributed by atoms with Crippen molar-refractivity contribution in [2.24, 2.45) is 0 Å². The summed E-state index contributed by atoms with van der Waals surface area (Å²) in [5, 5.41) is 0. The van der Waals surface area contributed by atoms with Crippen LogP contribution in [-0.4, -0.2) is 14.2 Å². The molecule has 0 unspecified atom stereocenters. The molecule has 20 heavy (non-hydrogen) atoms.